The van der Waals surface area contributed by atoms with Crippen molar-refractivity contribution >= 4 is 11.6 Å². The van der Waals surface area contributed by atoms with Crippen LogP contribution in [-0.2, 0) is 0 Å². The predicted molar refractivity (Wildman–Crippen MR) is 83.3 cm³/mol. The molecule has 3 rings (SSSR count). The van der Waals surface area contributed by atoms with Crippen molar-refractivity contribution in [2.75, 3.05) is 25.0 Å². The highest BCUT2D eigenvalue weighted by Crippen LogP contribution is 2.38. The summed E-state index contributed by atoms with van der Waals surface area (Å²) in [5, 5.41) is 13.3. The van der Waals surface area contributed by atoms with Gasteiger partial charge in [0.15, 0.2) is 0 Å². The standard InChI is InChI=1S/C17H24N2O2/c1-2-9-18-15-6-4-3-5-13(15)17(21)19-10-12-7-8-16(20)14(12)11-19/h3-6,12,14,16,18,20H,2,7-11H2,1H3. The fourth-order valence-electron chi connectivity index (χ4n) is 3.66. The Kier molecular flexibility index (Phi) is 4.15. The Hall–Kier alpha value is -1.55. The molecule has 0 radical (unpaired) electrons. The average Bonchev–Trinajstić information content (AvgIpc) is 3.07. The number of aliphatic hydroxyl groups excluding tert-OH is 1. The molecule has 4 nitrogen and oxygen atoms in total. The van der Waals surface area contributed by atoms with Crippen LogP contribution in [0.1, 0.15) is 36.5 Å². The molecule has 1 saturated carbocycles. The van der Waals surface area contributed by atoms with E-state index in [4.69, 9.17) is 0 Å². The van der Waals surface area contributed by atoms with Crippen LogP contribution in [0.25, 0.3) is 0 Å². The first-order valence-corrected chi connectivity index (χ1v) is 8.01. The van der Waals surface area contributed by atoms with Gasteiger partial charge in [-0.25, -0.2) is 0 Å². The van der Waals surface area contributed by atoms with Gasteiger partial charge in [-0.3, -0.25) is 4.79 Å². The Bertz CT molecular complexity index is 517. The van der Waals surface area contributed by atoms with Crippen molar-refractivity contribution in [2.24, 2.45) is 11.8 Å². The van der Waals surface area contributed by atoms with Gasteiger partial charge in [0.25, 0.3) is 5.91 Å². The average molecular weight is 288 g/mol. The maximum atomic E-state index is 12.8. The number of likely N-dealkylation sites (tertiary alicyclic amines) is 1. The third kappa shape index (κ3) is 2.77. The van der Waals surface area contributed by atoms with Crippen molar-refractivity contribution in [2.45, 2.75) is 32.3 Å². The molecule has 114 valence electrons. The van der Waals surface area contributed by atoms with E-state index in [2.05, 4.69) is 12.2 Å². The van der Waals surface area contributed by atoms with Gasteiger partial charge >= 0.3 is 0 Å². The molecular formula is C17H24N2O2. The van der Waals surface area contributed by atoms with E-state index in [0.717, 1.165) is 43.6 Å². The lowest BCUT2D eigenvalue weighted by Crippen LogP contribution is -2.31. The monoisotopic (exact) mass is 288 g/mol. The number of rotatable bonds is 4. The van der Waals surface area contributed by atoms with Crippen LogP contribution in [0.15, 0.2) is 24.3 Å². The lowest BCUT2D eigenvalue weighted by molar-refractivity contribution is 0.0753. The Balaban J connectivity index is 1.74. The van der Waals surface area contributed by atoms with Crippen LogP contribution in [-0.4, -0.2) is 41.7 Å². The fraction of sp³-hybridized carbons (Fsp3) is 0.588. The second-order valence-electron chi connectivity index (χ2n) is 6.25. The number of aliphatic hydroxyl groups is 1. The van der Waals surface area contributed by atoms with Crippen molar-refractivity contribution in [3.63, 3.8) is 0 Å². The van der Waals surface area contributed by atoms with E-state index in [1.54, 1.807) is 0 Å². The van der Waals surface area contributed by atoms with Crippen molar-refractivity contribution in [3.8, 4) is 0 Å². The normalized spacial score (nSPS) is 27.7. The molecular weight excluding hydrogens is 264 g/mol. The van der Waals surface area contributed by atoms with Crippen LogP contribution in [0.3, 0.4) is 0 Å². The lowest BCUT2D eigenvalue weighted by atomic mass is 10.00. The zero-order valence-corrected chi connectivity index (χ0v) is 12.6. The van der Waals surface area contributed by atoms with E-state index in [9.17, 15) is 9.90 Å². The van der Waals surface area contributed by atoms with Gasteiger partial charge in [-0.15, -0.1) is 0 Å². The lowest BCUT2D eigenvalue weighted by Gasteiger charge is -2.20. The summed E-state index contributed by atoms with van der Waals surface area (Å²) in [6.45, 7) is 4.48. The van der Waals surface area contributed by atoms with Gasteiger partial charge in [0.1, 0.15) is 0 Å². The number of amides is 1. The summed E-state index contributed by atoms with van der Waals surface area (Å²) >= 11 is 0. The van der Waals surface area contributed by atoms with Crippen molar-refractivity contribution in [1.29, 1.82) is 0 Å². The van der Waals surface area contributed by atoms with Crippen LogP contribution in [0.2, 0.25) is 0 Å². The Labute approximate surface area is 126 Å². The van der Waals surface area contributed by atoms with Crippen LogP contribution >= 0.6 is 0 Å². The van der Waals surface area contributed by atoms with Crippen LogP contribution in [0.5, 0.6) is 0 Å². The maximum Gasteiger partial charge on any atom is 0.255 e. The number of hydrogen-bond donors (Lipinski definition) is 2. The molecule has 2 N–H and O–H groups in total. The minimum absolute atomic E-state index is 0.0933. The molecule has 1 amide bonds. The first-order valence-electron chi connectivity index (χ1n) is 8.01. The number of anilines is 1. The molecule has 1 aromatic carbocycles. The highest BCUT2D eigenvalue weighted by atomic mass is 16.3. The highest BCUT2D eigenvalue weighted by molar-refractivity contribution is 5.99. The van der Waals surface area contributed by atoms with E-state index >= 15 is 0 Å². The first-order chi connectivity index (χ1) is 10.2. The molecule has 2 fully saturated rings. The third-order valence-corrected chi connectivity index (χ3v) is 4.83. The summed E-state index contributed by atoms with van der Waals surface area (Å²) in [6.07, 6.45) is 2.75. The van der Waals surface area contributed by atoms with Crippen LogP contribution < -0.4 is 5.32 Å². The zero-order chi connectivity index (χ0) is 14.8. The molecule has 3 unspecified atom stereocenters. The number of carbonyl (C=O) groups excluding carboxylic acids is 1. The van der Waals surface area contributed by atoms with Crippen molar-refractivity contribution in [3.05, 3.63) is 29.8 Å². The molecule has 1 aliphatic carbocycles. The van der Waals surface area contributed by atoms with E-state index in [1.807, 2.05) is 29.2 Å². The summed E-state index contributed by atoms with van der Waals surface area (Å²) < 4.78 is 0. The summed E-state index contributed by atoms with van der Waals surface area (Å²) in [6, 6.07) is 7.73. The van der Waals surface area contributed by atoms with Gasteiger partial charge in [0.05, 0.1) is 11.7 Å². The van der Waals surface area contributed by atoms with Crippen molar-refractivity contribution in [1.82, 2.24) is 4.90 Å². The molecule has 3 atom stereocenters. The smallest absolute Gasteiger partial charge is 0.255 e. The highest BCUT2D eigenvalue weighted by Gasteiger charge is 2.43. The quantitative estimate of drug-likeness (QED) is 0.894. The largest absolute Gasteiger partial charge is 0.393 e. The number of benzene rings is 1. The molecule has 4 heteroatoms. The Morgan fingerprint density at radius 3 is 2.90 bits per heavy atom. The molecule has 0 aromatic heterocycles. The minimum atomic E-state index is -0.221. The van der Waals surface area contributed by atoms with E-state index in [0.29, 0.717) is 12.5 Å². The summed E-state index contributed by atoms with van der Waals surface area (Å²) in [7, 11) is 0. The van der Waals surface area contributed by atoms with E-state index in [-0.39, 0.29) is 17.9 Å². The summed E-state index contributed by atoms with van der Waals surface area (Å²) in [5.74, 6) is 0.861. The van der Waals surface area contributed by atoms with Gasteiger partial charge < -0.3 is 15.3 Å². The number of hydrogen-bond acceptors (Lipinski definition) is 3. The topological polar surface area (TPSA) is 52.6 Å². The number of nitrogens with zero attached hydrogens (tertiary/aromatic N) is 1. The molecule has 1 heterocycles. The first kappa shape index (κ1) is 14.4. The number of fused-ring (bicyclic) bond motifs is 1. The molecule has 1 aromatic rings. The molecule has 1 aliphatic heterocycles. The maximum absolute atomic E-state index is 12.8. The zero-order valence-electron chi connectivity index (χ0n) is 12.6. The van der Waals surface area contributed by atoms with E-state index < -0.39 is 0 Å². The van der Waals surface area contributed by atoms with Gasteiger partial charge in [-0.05, 0) is 37.3 Å². The fourth-order valence-corrected chi connectivity index (χ4v) is 3.66. The molecule has 1 saturated heterocycles. The molecule has 0 bridgehead atoms. The number of nitrogens with one attached hydrogen (secondary N) is 1. The SMILES string of the molecule is CCCNc1ccccc1C(=O)N1CC2CCC(O)C2C1. The molecule has 21 heavy (non-hydrogen) atoms. The van der Waals surface area contributed by atoms with Gasteiger partial charge in [0.2, 0.25) is 0 Å². The number of para-hydroxylation sites is 1. The van der Waals surface area contributed by atoms with E-state index in [1.165, 1.54) is 0 Å². The van der Waals surface area contributed by atoms with Gasteiger partial charge in [-0.1, -0.05) is 19.1 Å². The third-order valence-electron chi connectivity index (χ3n) is 4.83. The van der Waals surface area contributed by atoms with Crippen LogP contribution in [0, 0.1) is 11.8 Å². The Morgan fingerprint density at radius 1 is 1.33 bits per heavy atom. The summed E-state index contributed by atoms with van der Waals surface area (Å²) in [5.41, 5.74) is 1.67. The minimum Gasteiger partial charge on any atom is -0.393 e. The van der Waals surface area contributed by atoms with Crippen molar-refractivity contribution < 1.29 is 9.90 Å². The Morgan fingerprint density at radius 2 is 2.14 bits per heavy atom. The van der Waals surface area contributed by atoms with Gasteiger partial charge in [-0.2, -0.15) is 0 Å². The molecule has 0 spiro atoms. The summed E-state index contributed by atoms with van der Waals surface area (Å²) in [4.78, 5) is 14.7. The second-order valence-corrected chi connectivity index (χ2v) is 6.25. The van der Waals surface area contributed by atoms with Gasteiger partial charge in [0, 0.05) is 31.2 Å². The second kappa shape index (κ2) is 6.06. The molecule has 2 aliphatic rings. The number of carbonyl (C=O) groups is 1. The van der Waals surface area contributed by atoms with Crippen LogP contribution in [0.4, 0.5) is 5.69 Å². The predicted octanol–water partition coefficient (Wildman–Crippen LogP) is 2.35.